The summed E-state index contributed by atoms with van der Waals surface area (Å²) in [4.78, 5) is 25.0. The van der Waals surface area contributed by atoms with Gasteiger partial charge in [-0.15, -0.1) is 0 Å². The Balaban J connectivity index is 1.59. The van der Waals surface area contributed by atoms with E-state index in [1.54, 1.807) is 0 Å². The summed E-state index contributed by atoms with van der Waals surface area (Å²) in [5.41, 5.74) is 0.996. The van der Waals surface area contributed by atoms with E-state index in [9.17, 15) is 9.59 Å². The quantitative estimate of drug-likeness (QED) is 0.796. The summed E-state index contributed by atoms with van der Waals surface area (Å²) in [5.74, 6) is 0.116. The smallest absolute Gasteiger partial charge is 0.410 e. The van der Waals surface area contributed by atoms with Crippen LogP contribution in [0.2, 0.25) is 0 Å². The second-order valence-electron chi connectivity index (χ2n) is 5.70. The van der Waals surface area contributed by atoms with Crippen LogP contribution in [0.25, 0.3) is 0 Å². The van der Waals surface area contributed by atoms with Crippen LogP contribution in [0.15, 0.2) is 30.3 Å². The molecule has 2 unspecified atom stereocenters. The van der Waals surface area contributed by atoms with Gasteiger partial charge in [-0.2, -0.15) is 0 Å². The summed E-state index contributed by atoms with van der Waals surface area (Å²) in [6, 6.07) is 10.1. The Bertz CT molecular complexity index is 474. The van der Waals surface area contributed by atoms with Crippen LogP contribution in [0, 0.1) is 5.92 Å². The van der Waals surface area contributed by atoms with Crippen LogP contribution < -0.4 is 0 Å². The lowest BCUT2D eigenvalue weighted by Crippen LogP contribution is -2.47. The number of fused-ring (bicyclic) bond motifs is 2. The van der Waals surface area contributed by atoms with Crippen LogP contribution in [0.4, 0.5) is 4.79 Å². The Morgan fingerprint density at radius 1 is 1.20 bits per heavy atom. The van der Waals surface area contributed by atoms with E-state index >= 15 is 0 Å². The fourth-order valence-electron chi connectivity index (χ4n) is 3.42. The molecule has 0 aromatic heterocycles. The van der Waals surface area contributed by atoms with Crippen molar-refractivity contribution in [1.29, 1.82) is 0 Å². The zero-order valence-electron chi connectivity index (χ0n) is 11.4. The molecule has 2 bridgehead atoms. The van der Waals surface area contributed by atoms with Gasteiger partial charge in [0.25, 0.3) is 0 Å². The second-order valence-corrected chi connectivity index (χ2v) is 5.70. The predicted molar refractivity (Wildman–Crippen MR) is 74.1 cm³/mol. The Labute approximate surface area is 118 Å². The van der Waals surface area contributed by atoms with Gasteiger partial charge in [-0.1, -0.05) is 30.3 Å². The van der Waals surface area contributed by atoms with Gasteiger partial charge >= 0.3 is 6.09 Å². The molecule has 0 saturated carbocycles. The van der Waals surface area contributed by atoms with E-state index in [1.807, 2.05) is 35.2 Å². The van der Waals surface area contributed by atoms with Crippen molar-refractivity contribution in [3.8, 4) is 0 Å². The Kier molecular flexibility index (Phi) is 3.72. The third kappa shape index (κ3) is 2.55. The maximum Gasteiger partial charge on any atom is 0.410 e. The molecule has 1 amide bonds. The third-order valence-electron chi connectivity index (χ3n) is 4.38. The minimum atomic E-state index is -0.231. The van der Waals surface area contributed by atoms with Crippen molar-refractivity contribution < 1.29 is 14.3 Å². The molecule has 0 N–H and O–H groups in total. The molecule has 0 radical (unpaired) electrons. The van der Waals surface area contributed by atoms with Crippen molar-refractivity contribution in [1.82, 2.24) is 4.90 Å². The first-order chi connectivity index (χ1) is 9.78. The molecule has 2 aliphatic heterocycles. The molecule has 20 heavy (non-hydrogen) atoms. The van der Waals surface area contributed by atoms with Gasteiger partial charge < -0.3 is 14.4 Å². The maximum absolute atomic E-state index is 12.2. The minimum absolute atomic E-state index is 0.116. The molecule has 2 aliphatic rings. The lowest BCUT2D eigenvalue weighted by molar-refractivity contribution is -0.113. The van der Waals surface area contributed by atoms with Gasteiger partial charge in [0.2, 0.25) is 0 Å². The van der Waals surface area contributed by atoms with Crippen molar-refractivity contribution in [2.45, 2.75) is 44.4 Å². The minimum Gasteiger partial charge on any atom is -0.445 e. The largest absolute Gasteiger partial charge is 0.445 e. The maximum atomic E-state index is 12.2. The number of piperidine rings is 1. The van der Waals surface area contributed by atoms with Crippen LogP contribution in [-0.4, -0.2) is 29.4 Å². The van der Waals surface area contributed by atoms with Crippen molar-refractivity contribution in [2.24, 2.45) is 5.92 Å². The number of carbonyl (C=O) groups excluding carboxylic acids is 2. The van der Waals surface area contributed by atoms with Gasteiger partial charge in [0.1, 0.15) is 12.9 Å². The highest BCUT2D eigenvalue weighted by Gasteiger charge is 2.43. The number of hydrogen-bond acceptors (Lipinski definition) is 3. The monoisotopic (exact) mass is 273 g/mol. The predicted octanol–water partition coefficient (Wildman–Crippen LogP) is 2.77. The molecular weight excluding hydrogens is 254 g/mol. The lowest BCUT2D eigenvalue weighted by atomic mass is 9.92. The highest BCUT2D eigenvalue weighted by Crippen LogP contribution is 2.38. The molecule has 0 spiro atoms. The number of amides is 1. The topological polar surface area (TPSA) is 46.6 Å². The van der Waals surface area contributed by atoms with E-state index in [2.05, 4.69) is 0 Å². The average molecular weight is 273 g/mol. The molecule has 4 nitrogen and oxygen atoms in total. The molecule has 2 heterocycles. The van der Waals surface area contributed by atoms with Crippen molar-refractivity contribution in [3.05, 3.63) is 35.9 Å². The SMILES string of the molecule is O=CC1CC2CC[C@H](C1)N2C(=O)OCc1ccccc1. The van der Waals surface area contributed by atoms with Gasteiger partial charge in [-0.25, -0.2) is 4.79 Å². The standard InChI is InChI=1S/C16H19NO3/c18-10-13-8-14-6-7-15(9-13)17(14)16(19)20-11-12-4-2-1-3-5-12/h1-5,10,13-15H,6-9,11H2/t13?,14-,15?/m1/s1. The number of rotatable bonds is 3. The van der Waals surface area contributed by atoms with Gasteiger partial charge in [0, 0.05) is 18.0 Å². The average Bonchev–Trinajstić information content (AvgIpc) is 2.76. The van der Waals surface area contributed by atoms with E-state index < -0.39 is 0 Å². The zero-order valence-corrected chi connectivity index (χ0v) is 11.4. The van der Waals surface area contributed by atoms with Crippen LogP contribution in [-0.2, 0) is 16.1 Å². The zero-order chi connectivity index (χ0) is 13.9. The molecule has 2 fully saturated rings. The summed E-state index contributed by atoms with van der Waals surface area (Å²) in [7, 11) is 0. The van der Waals surface area contributed by atoms with E-state index in [4.69, 9.17) is 4.74 Å². The van der Waals surface area contributed by atoms with Crippen molar-refractivity contribution in [2.75, 3.05) is 0 Å². The fraction of sp³-hybridized carbons (Fsp3) is 0.500. The Morgan fingerprint density at radius 3 is 2.45 bits per heavy atom. The lowest BCUT2D eigenvalue weighted by Gasteiger charge is -2.36. The Morgan fingerprint density at radius 2 is 1.85 bits per heavy atom. The molecule has 3 atom stereocenters. The number of hydrogen-bond donors (Lipinski definition) is 0. The van der Waals surface area contributed by atoms with Crippen LogP contribution >= 0.6 is 0 Å². The highest BCUT2D eigenvalue weighted by atomic mass is 16.6. The number of nitrogens with zero attached hydrogens (tertiary/aromatic N) is 1. The fourth-order valence-corrected chi connectivity index (χ4v) is 3.42. The molecule has 1 aromatic carbocycles. The number of ether oxygens (including phenoxy) is 1. The number of carbonyl (C=O) groups is 2. The third-order valence-corrected chi connectivity index (χ3v) is 4.38. The highest BCUT2D eigenvalue weighted by molar-refractivity contribution is 5.69. The van der Waals surface area contributed by atoms with Gasteiger partial charge in [-0.3, -0.25) is 0 Å². The first kappa shape index (κ1) is 13.2. The molecule has 2 saturated heterocycles. The molecule has 1 aromatic rings. The molecule has 4 heteroatoms. The molecule has 0 aliphatic carbocycles. The van der Waals surface area contributed by atoms with Crippen LogP contribution in [0.5, 0.6) is 0 Å². The van der Waals surface area contributed by atoms with Crippen LogP contribution in [0.1, 0.15) is 31.2 Å². The summed E-state index contributed by atoms with van der Waals surface area (Å²) in [5, 5.41) is 0. The van der Waals surface area contributed by atoms with Gasteiger partial charge in [0.15, 0.2) is 0 Å². The number of benzene rings is 1. The van der Waals surface area contributed by atoms with Crippen LogP contribution in [0.3, 0.4) is 0 Å². The van der Waals surface area contributed by atoms with Crippen molar-refractivity contribution in [3.63, 3.8) is 0 Å². The molecular formula is C16H19NO3. The first-order valence-corrected chi connectivity index (χ1v) is 7.22. The van der Waals surface area contributed by atoms with E-state index in [1.165, 1.54) is 0 Å². The molecule has 106 valence electrons. The number of aldehydes is 1. The normalized spacial score (nSPS) is 28.2. The first-order valence-electron chi connectivity index (χ1n) is 7.22. The Hall–Kier alpha value is -1.84. The summed E-state index contributed by atoms with van der Waals surface area (Å²) >= 11 is 0. The van der Waals surface area contributed by atoms with E-state index in [-0.39, 0.29) is 24.1 Å². The summed E-state index contributed by atoms with van der Waals surface area (Å²) < 4.78 is 5.42. The van der Waals surface area contributed by atoms with E-state index in [0.29, 0.717) is 6.61 Å². The van der Waals surface area contributed by atoms with Gasteiger partial charge in [0.05, 0.1) is 0 Å². The summed E-state index contributed by atoms with van der Waals surface area (Å²) in [6.07, 6.45) is 4.38. The summed E-state index contributed by atoms with van der Waals surface area (Å²) in [6.45, 7) is 0.312. The molecule has 3 rings (SSSR count). The van der Waals surface area contributed by atoms with Crippen molar-refractivity contribution >= 4 is 12.4 Å². The van der Waals surface area contributed by atoms with E-state index in [0.717, 1.165) is 37.5 Å². The second kappa shape index (κ2) is 5.65. The van der Waals surface area contributed by atoms with Gasteiger partial charge in [-0.05, 0) is 31.2 Å².